The van der Waals surface area contributed by atoms with Crippen LogP contribution in [0.15, 0.2) is 0 Å². The van der Waals surface area contributed by atoms with Crippen LogP contribution < -0.4 is 0 Å². The van der Waals surface area contributed by atoms with Crippen molar-refractivity contribution in [3.8, 4) is 0 Å². The second-order valence-corrected chi connectivity index (χ2v) is 23.4. The Morgan fingerprint density at radius 2 is 0.759 bits per heavy atom. The Hall–Kier alpha value is -0.626. The summed E-state index contributed by atoms with van der Waals surface area (Å²) >= 11 is 0. The lowest BCUT2D eigenvalue weighted by molar-refractivity contribution is -0.134. The molecule has 6 heteroatoms. The van der Waals surface area contributed by atoms with Gasteiger partial charge < -0.3 is 8.85 Å². The molecule has 0 unspecified atom stereocenters. The van der Waals surface area contributed by atoms with Crippen molar-refractivity contribution in [2.75, 3.05) is 0 Å². The van der Waals surface area contributed by atoms with Crippen molar-refractivity contribution in [1.82, 2.24) is 0 Å². The Balaban J connectivity index is 6.19. The Kier molecular flexibility index (Phi) is 8.66. The van der Waals surface area contributed by atoms with E-state index in [0.717, 1.165) is 18.5 Å². The molecule has 0 radical (unpaired) electrons. The lowest BCUT2D eigenvalue weighted by atomic mass is 10.2. The molecule has 0 fully saturated rings. The summed E-state index contributed by atoms with van der Waals surface area (Å²) in [6.45, 7) is 29.5. The maximum atomic E-state index is 12.1. The summed E-state index contributed by atoms with van der Waals surface area (Å²) in [5.74, 6) is -0.367. The zero-order chi connectivity index (χ0) is 23.7. The Morgan fingerprint density at radius 3 is 0.897 bits per heavy atom. The SMILES string of the molecule is CC(=O)O[Si](CCC[Si](OC(C)=O)(C(C)(C)C)C(C)(C)C)(C(C)(C)C)C(C)(C)C. The molecule has 29 heavy (non-hydrogen) atoms. The van der Waals surface area contributed by atoms with Crippen LogP contribution in [0.3, 0.4) is 0 Å². The third-order valence-corrected chi connectivity index (χ3v) is 19.6. The maximum absolute atomic E-state index is 12.1. The summed E-state index contributed by atoms with van der Waals surface area (Å²) in [4.78, 5) is 24.3. The minimum absolute atomic E-state index is 0.0912. The molecule has 172 valence electrons. The predicted octanol–water partition coefficient (Wildman–Crippen LogP) is 7.59. The van der Waals surface area contributed by atoms with E-state index >= 15 is 0 Å². The van der Waals surface area contributed by atoms with E-state index in [9.17, 15) is 9.59 Å². The molecule has 0 heterocycles. The van der Waals surface area contributed by atoms with E-state index in [1.165, 1.54) is 13.8 Å². The molecule has 0 aromatic heterocycles. The monoisotopic (exact) mass is 444 g/mol. The van der Waals surface area contributed by atoms with Crippen LogP contribution in [0.2, 0.25) is 32.2 Å². The van der Waals surface area contributed by atoms with Crippen LogP contribution in [-0.4, -0.2) is 28.6 Å². The molecule has 0 N–H and O–H groups in total. The molecule has 0 amide bonds. The van der Waals surface area contributed by atoms with Gasteiger partial charge in [0.1, 0.15) is 0 Å². The van der Waals surface area contributed by atoms with Crippen molar-refractivity contribution in [2.24, 2.45) is 0 Å². The van der Waals surface area contributed by atoms with Gasteiger partial charge in [0.15, 0.2) is 0 Å². The van der Waals surface area contributed by atoms with Crippen LogP contribution in [-0.2, 0) is 18.4 Å². The maximum Gasteiger partial charge on any atom is 0.289 e. The fourth-order valence-electron chi connectivity index (χ4n) is 5.54. The first kappa shape index (κ1) is 28.4. The van der Waals surface area contributed by atoms with Gasteiger partial charge in [-0.15, -0.1) is 0 Å². The van der Waals surface area contributed by atoms with E-state index in [-0.39, 0.29) is 32.1 Å². The average Bonchev–Trinajstić information content (AvgIpc) is 2.38. The second kappa shape index (κ2) is 8.85. The topological polar surface area (TPSA) is 52.6 Å². The third kappa shape index (κ3) is 6.19. The van der Waals surface area contributed by atoms with Crippen molar-refractivity contribution < 1.29 is 18.4 Å². The normalized spacial score (nSPS) is 14.6. The molecule has 0 bridgehead atoms. The second-order valence-electron chi connectivity index (χ2n) is 12.7. The summed E-state index contributed by atoms with van der Waals surface area (Å²) in [5.41, 5.74) is 0. The van der Waals surface area contributed by atoms with Crippen molar-refractivity contribution in [3.05, 3.63) is 0 Å². The number of hydrogen-bond acceptors (Lipinski definition) is 4. The van der Waals surface area contributed by atoms with Crippen LogP contribution in [0, 0.1) is 0 Å². The van der Waals surface area contributed by atoms with Crippen LogP contribution in [0.4, 0.5) is 0 Å². The number of carbonyl (C=O) groups excluding carboxylic acids is 2. The number of rotatable bonds is 6. The van der Waals surface area contributed by atoms with Gasteiger partial charge in [-0.3, -0.25) is 9.59 Å². The van der Waals surface area contributed by atoms with Gasteiger partial charge in [0.2, 0.25) is 0 Å². The van der Waals surface area contributed by atoms with Crippen molar-refractivity contribution in [3.63, 3.8) is 0 Å². The molecular weight excluding hydrogens is 396 g/mol. The molecule has 4 nitrogen and oxygen atoms in total. The summed E-state index contributed by atoms with van der Waals surface area (Å²) in [5, 5.41) is -0.365. The largest absolute Gasteiger partial charge is 0.518 e. The lowest BCUT2D eigenvalue weighted by Crippen LogP contribution is -2.57. The van der Waals surface area contributed by atoms with Crippen molar-refractivity contribution >= 4 is 28.6 Å². The Bertz CT molecular complexity index is 504. The van der Waals surface area contributed by atoms with E-state index in [1.807, 2.05) is 0 Å². The highest BCUT2D eigenvalue weighted by atomic mass is 28.4. The fourth-order valence-corrected chi connectivity index (χ4v) is 17.2. The molecule has 0 aromatic rings. The highest BCUT2D eigenvalue weighted by molar-refractivity contribution is 6.82. The first-order valence-electron chi connectivity index (χ1n) is 10.9. The van der Waals surface area contributed by atoms with E-state index in [0.29, 0.717) is 0 Å². The summed E-state index contributed by atoms with van der Waals surface area (Å²) in [6, 6.07) is 1.75. The molecule has 0 aliphatic carbocycles. The molecule has 0 aliphatic rings. The molecule has 0 saturated heterocycles. The van der Waals surface area contributed by atoms with E-state index in [2.05, 4.69) is 83.1 Å². The summed E-state index contributed by atoms with van der Waals surface area (Å²) in [7, 11) is -4.97. The summed E-state index contributed by atoms with van der Waals surface area (Å²) in [6.07, 6.45) is 0.905. The number of hydrogen-bond donors (Lipinski definition) is 0. The quantitative estimate of drug-likeness (QED) is 0.396. The van der Waals surface area contributed by atoms with Gasteiger partial charge in [0.05, 0.1) is 0 Å². The van der Waals surface area contributed by atoms with Crippen LogP contribution in [0.25, 0.3) is 0 Å². The fraction of sp³-hybridized carbons (Fsp3) is 0.913. The van der Waals surface area contributed by atoms with E-state index < -0.39 is 16.6 Å². The van der Waals surface area contributed by atoms with Gasteiger partial charge in [-0.05, 0) is 32.2 Å². The molecule has 0 saturated carbocycles. The first-order valence-corrected chi connectivity index (χ1v) is 15.2. The Morgan fingerprint density at radius 1 is 0.552 bits per heavy atom. The molecule has 0 rings (SSSR count). The molecule has 0 aromatic carbocycles. The minimum atomic E-state index is -2.49. The third-order valence-electron chi connectivity index (χ3n) is 6.54. The smallest absolute Gasteiger partial charge is 0.289 e. The van der Waals surface area contributed by atoms with Crippen molar-refractivity contribution in [1.29, 1.82) is 0 Å². The number of carbonyl (C=O) groups is 2. The molecule has 0 atom stereocenters. The van der Waals surface area contributed by atoms with Crippen LogP contribution in [0.5, 0.6) is 0 Å². The van der Waals surface area contributed by atoms with Gasteiger partial charge >= 0.3 is 0 Å². The highest BCUT2D eigenvalue weighted by Crippen LogP contribution is 2.58. The Labute approximate surface area is 182 Å². The van der Waals surface area contributed by atoms with Crippen LogP contribution >= 0.6 is 0 Å². The summed E-state index contributed by atoms with van der Waals surface area (Å²) < 4.78 is 12.5. The van der Waals surface area contributed by atoms with E-state index in [1.54, 1.807) is 0 Å². The lowest BCUT2D eigenvalue weighted by Gasteiger charge is -2.52. The van der Waals surface area contributed by atoms with Gasteiger partial charge in [-0.25, -0.2) is 0 Å². The van der Waals surface area contributed by atoms with Gasteiger partial charge in [-0.1, -0.05) is 89.5 Å². The zero-order valence-electron chi connectivity index (χ0n) is 21.8. The zero-order valence-corrected chi connectivity index (χ0v) is 23.8. The molecule has 0 aliphatic heterocycles. The van der Waals surface area contributed by atoms with Crippen molar-refractivity contribution in [2.45, 2.75) is 136 Å². The first-order chi connectivity index (χ1) is 12.5. The standard InChI is InChI=1S/C23H48O4Si2/c1-18(24)26-28(20(3,4)5,21(6,7)8)16-15-17-29(22(9,10)11,23(12,13)14)27-19(2)25/h15-17H2,1-14H3. The average molecular weight is 445 g/mol. The van der Waals surface area contributed by atoms with Crippen LogP contribution in [0.1, 0.15) is 103 Å². The molecule has 0 spiro atoms. The van der Waals surface area contributed by atoms with E-state index in [4.69, 9.17) is 8.85 Å². The van der Waals surface area contributed by atoms with Gasteiger partial charge in [0.25, 0.3) is 28.6 Å². The van der Waals surface area contributed by atoms with Gasteiger partial charge in [-0.2, -0.15) is 0 Å². The highest BCUT2D eigenvalue weighted by Gasteiger charge is 2.60. The molecular formula is C23H48O4Si2. The van der Waals surface area contributed by atoms with Gasteiger partial charge in [0, 0.05) is 13.8 Å². The predicted molar refractivity (Wildman–Crippen MR) is 128 cm³/mol. The minimum Gasteiger partial charge on any atom is -0.518 e.